The lowest BCUT2D eigenvalue weighted by atomic mass is 10.0. The van der Waals surface area contributed by atoms with Gasteiger partial charge in [0, 0.05) is 13.0 Å². The molecule has 3 rings (SSSR count). The van der Waals surface area contributed by atoms with Crippen molar-refractivity contribution >= 4 is 11.6 Å². The zero-order chi connectivity index (χ0) is 11.0. The number of rotatable bonds is 2. The first-order valence-electron chi connectivity index (χ1n) is 5.86. The molecule has 0 saturated carbocycles. The van der Waals surface area contributed by atoms with E-state index in [4.69, 9.17) is 21.1 Å². The molecule has 1 aromatic rings. The number of hydrogen-bond donors (Lipinski definition) is 0. The Morgan fingerprint density at radius 3 is 3.06 bits per heavy atom. The largest absolute Gasteiger partial charge is 0.493 e. The lowest BCUT2D eigenvalue weighted by molar-refractivity contribution is 0.107. The molecule has 86 valence electrons. The quantitative estimate of drug-likeness (QED) is 0.738. The van der Waals surface area contributed by atoms with E-state index in [0.29, 0.717) is 0 Å². The average Bonchev–Trinajstić information content (AvgIpc) is 2.98. The summed E-state index contributed by atoms with van der Waals surface area (Å²) in [5, 5.41) is -0.0200. The first-order chi connectivity index (χ1) is 7.84. The van der Waals surface area contributed by atoms with E-state index in [0.717, 1.165) is 43.8 Å². The Labute approximate surface area is 101 Å². The van der Waals surface area contributed by atoms with Gasteiger partial charge >= 0.3 is 0 Å². The van der Waals surface area contributed by atoms with Gasteiger partial charge < -0.3 is 9.47 Å². The SMILES string of the molecule is ClC(c1ccc2c(c1)CCO2)C1CCCO1. The van der Waals surface area contributed by atoms with Crippen LogP contribution in [0.1, 0.15) is 29.3 Å². The summed E-state index contributed by atoms with van der Waals surface area (Å²) in [7, 11) is 0. The van der Waals surface area contributed by atoms with E-state index in [1.54, 1.807) is 0 Å². The van der Waals surface area contributed by atoms with Gasteiger partial charge in [-0.3, -0.25) is 0 Å². The van der Waals surface area contributed by atoms with Crippen molar-refractivity contribution in [2.24, 2.45) is 0 Å². The van der Waals surface area contributed by atoms with Crippen molar-refractivity contribution in [3.8, 4) is 5.75 Å². The van der Waals surface area contributed by atoms with Crippen LogP contribution < -0.4 is 4.74 Å². The van der Waals surface area contributed by atoms with Crippen molar-refractivity contribution in [1.29, 1.82) is 0 Å². The summed E-state index contributed by atoms with van der Waals surface area (Å²) in [6.07, 6.45) is 3.38. The molecule has 3 heteroatoms. The van der Waals surface area contributed by atoms with Crippen LogP contribution in [-0.4, -0.2) is 19.3 Å². The molecule has 1 saturated heterocycles. The zero-order valence-corrected chi connectivity index (χ0v) is 9.87. The van der Waals surface area contributed by atoms with Crippen LogP contribution in [-0.2, 0) is 11.2 Å². The van der Waals surface area contributed by atoms with Crippen molar-refractivity contribution in [3.05, 3.63) is 29.3 Å². The highest BCUT2D eigenvalue weighted by atomic mass is 35.5. The number of fused-ring (bicyclic) bond motifs is 1. The molecule has 2 nitrogen and oxygen atoms in total. The molecule has 0 amide bonds. The summed E-state index contributed by atoms with van der Waals surface area (Å²) in [6, 6.07) is 6.26. The highest BCUT2D eigenvalue weighted by Gasteiger charge is 2.26. The molecule has 2 unspecified atom stereocenters. The molecule has 2 heterocycles. The predicted octanol–water partition coefficient (Wildman–Crippen LogP) is 3.08. The van der Waals surface area contributed by atoms with Crippen LogP contribution in [0.5, 0.6) is 5.75 Å². The predicted molar refractivity (Wildman–Crippen MR) is 63.2 cm³/mol. The van der Waals surface area contributed by atoms with Gasteiger partial charge in [0.15, 0.2) is 0 Å². The average molecular weight is 239 g/mol. The molecular weight excluding hydrogens is 224 g/mol. The third-order valence-corrected chi connectivity index (χ3v) is 3.86. The first kappa shape index (κ1) is 10.4. The van der Waals surface area contributed by atoms with Crippen LogP contribution in [0.3, 0.4) is 0 Å². The molecule has 1 fully saturated rings. The molecule has 0 spiro atoms. The Morgan fingerprint density at radius 2 is 2.25 bits per heavy atom. The summed E-state index contributed by atoms with van der Waals surface area (Å²) >= 11 is 6.45. The van der Waals surface area contributed by atoms with Gasteiger partial charge in [-0.25, -0.2) is 0 Å². The van der Waals surface area contributed by atoms with Crippen LogP contribution in [0.4, 0.5) is 0 Å². The van der Waals surface area contributed by atoms with Crippen molar-refractivity contribution in [3.63, 3.8) is 0 Å². The third kappa shape index (κ3) is 1.80. The minimum atomic E-state index is -0.0200. The maximum Gasteiger partial charge on any atom is 0.122 e. The number of alkyl halides is 1. The van der Waals surface area contributed by atoms with Crippen molar-refractivity contribution in [2.45, 2.75) is 30.7 Å². The fourth-order valence-electron chi connectivity index (χ4n) is 2.43. The lowest BCUT2D eigenvalue weighted by Crippen LogP contribution is -2.12. The maximum absolute atomic E-state index is 6.45. The van der Waals surface area contributed by atoms with E-state index in [1.165, 1.54) is 5.56 Å². The number of hydrogen-bond acceptors (Lipinski definition) is 2. The molecule has 0 radical (unpaired) electrons. The first-order valence-corrected chi connectivity index (χ1v) is 6.29. The Bertz CT molecular complexity index is 386. The monoisotopic (exact) mass is 238 g/mol. The standard InChI is InChI=1S/C13H15ClO2/c14-13(12-2-1-6-15-12)10-3-4-11-9(8-10)5-7-16-11/h3-4,8,12-13H,1-2,5-7H2. The summed E-state index contributed by atoms with van der Waals surface area (Å²) < 4.78 is 11.1. The van der Waals surface area contributed by atoms with Crippen LogP contribution in [0.15, 0.2) is 18.2 Å². The molecule has 0 bridgehead atoms. The van der Waals surface area contributed by atoms with Crippen LogP contribution in [0, 0.1) is 0 Å². The van der Waals surface area contributed by atoms with Gasteiger partial charge in [-0.1, -0.05) is 12.1 Å². The minimum absolute atomic E-state index is 0.0200. The van der Waals surface area contributed by atoms with E-state index >= 15 is 0 Å². The Hall–Kier alpha value is -0.730. The van der Waals surface area contributed by atoms with Crippen LogP contribution in [0.25, 0.3) is 0 Å². The van der Waals surface area contributed by atoms with E-state index < -0.39 is 0 Å². The topological polar surface area (TPSA) is 18.5 Å². The van der Waals surface area contributed by atoms with Gasteiger partial charge in [0.05, 0.1) is 18.1 Å². The van der Waals surface area contributed by atoms with Crippen LogP contribution in [0.2, 0.25) is 0 Å². The van der Waals surface area contributed by atoms with Gasteiger partial charge in [0.1, 0.15) is 5.75 Å². The molecular formula is C13H15ClO2. The Morgan fingerprint density at radius 1 is 1.31 bits per heavy atom. The van der Waals surface area contributed by atoms with Crippen molar-refractivity contribution in [1.82, 2.24) is 0 Å². The summed E-state index contributed by atoms with van der Waals surface area (Å²) in [6.45, 7) is 1.65. The minimum Gasteiger partial charge on any atom is -0.493 e. The second-order valence-corrected chi connectivity index (χ2v) is 4.89. The molecule has 2 atom stereocenters. The molecule has 2 aliphatic heterocycles. The smallest absolute Gasteiger partial charge is 0.122 e. The van der Waals surface area contributed by atoms with E-state index in [2.05, 4.69) is 12.1 Å². The molecule has 0 N–H and O–H groups in total. The summed E-state index contributed by atoms with van der Waals surface area (Å²) in [5.41, 5.74) is 2.44. The number of halogens is 1. The normalized spacial score (nSPS) is 25.2. The lowest BCUT2D eigenvalue weighted by Gasteiger charge is -2.17. The fourth-order valence-corrected chi connectivity index (χ4v) is 2.76. The molecule has 0 aromatic heterocycles. The van der Waals surface area contributed by atoms with E-state index in [1.807, 2.05) is 6.07 Å². The summed E-state index contributed by atoms with van der Waals surface area (Å²) in [5.74, 6) is 1.01. The highest BCUT2D eigenvalue weighted by Crippen LogP contribution is 2.35. The second kappa shape index (κ2) is 4.27. The van der Waals surface area contributed by atoms with Gasteiger partial charge in [-0.15, -0.1) is 11.6 Å². The van der Waals surface area contributed by atoms with Gasteiger partial charge in [0.25, 0.3) is 0 Å². The van der Waals surface area contributed by atoms with Crippen molar-refractivity contribution in [2.75, 3.05) is 13.2 Å². The molecule has 2 aliphatic rings. The second-order valence-electron chi connectivity index (χ2n) is 4.42. The Balaban J connectivity index is 1.83. The van der Waals surface area contributed by atoms with Gasteiger partial charge in [-0.05, 0) is 30.0 Å². The third-order valence-electron chi connectivity index (χ3n) is 3.32. The summed E-state index contributed by atoms with van der Waals surface area (Å²) in [4.78, 5) is 0. The van der Waals surface area contributed by atoms with E-state index in [-0.39, 0.29) is 11.5 Å². The molecule has 1 aromatic carbocycles. The fraction of sp³-hybridized carbons (Fsp3) is 0.538. The Kier molecular flexibility index (Phi) is 2.78. The number of ether oxygens (including phenoxy) is 2. The molecule has 0 aliphatic carbocycles. The van der Waals surface area contributed by atoms with Gasteiger partial charge in [-0.2, -0.15) is 0 Å². The zero-order valence-electron chi connectivity index (χ0n) is 9.12. The van der Waals surface area contributed by atoms with Crippen molar-refractivity contribution < 1.29 is 9.47 Å². The molecule has 16 heavy (non-hydrogen) atoms. The highest BCUT2D eigenvalue weighted by molar-refractivity contribution is 6.21. The van der Waals surface area contributed by atoms with E-state index in [9.17, 15) is 0 Å². The number of benzene rings is 1. The van der Waals surface area contributed by atoms with Crippen LogP contribution >= 0.6 is 11.6 Å². The van der Waals surface area contributed by atoms with Gasteiger partial charge in [0.2, 0.25) is 0 Å². The maximum atomic E-state index is 6.45.